The van der Waals surface area contributed by atoms with Gasteiger partial charge in [0.1, 0.15) is 5.82 Å². The van der Waals surface area contributed by atoms with Crippen molar-refractivity contribution in [3.63, 3.8) is 0 Å². The average molecular weight is 246 g/mol. The molecule has 0 aliphatic heterocycles. The highest BCUT2D eigenvalue weighted by Gasteiger charge is 2.12. The van der Waals surface area contributed by atoms with E-state index in [9.17, 15) is 4.39 Å². The number of aliphatic hydroxyl groups is 1. The van der Waals surface area contributed by atoms with Crippen LogP contribution >= 0.6 is 11.6 Å². The molecule has 0 amide bonds. The first kappa shape index (κ1) is 13.4. The monoisotopic (exact) mass is 245 g/mol. The number of halogens is 2. The van der Waals surface area contributed by atoms with Crippen LogP contribution in [0.1, 0.15) is 19.4 Å². The predicted octanol–water partition coefficient (Wildman–Crippen LogP) is 2.59. The van der Waals surface area contributed by atoms with Crippen molar-refractivity contribution in [2.75, 3.05) is 6.61 Å². The van der Waals surface area contributed by atoms with Crippen molar-refractivity contribution >= 4 is 11.6 Å². The SMILES string of the molecule is CC(C)C(CO)NCc1cc(Cl)ccc1F. The molecule has 90 valence electrons. The number of aliphatic hydroxyl groups excluding tert-OH is 1. The van der Waals surface area contributed by atoms with Gasteiger partial charge in [-0.3, -0.25) is 0 Å². The molecule has 0 aliphatic rings. The van der Waals surface area contributed by atoms with Crippen molar-refractivity contribution in [1.82, 2.24) is 5.32 Å². The van der Waals surface area contributed by atoms with Crippen LogP contribution in [0.3, 0.4) is 0 Å². The Kier molecular flexibility index (Phi) is 5.19. The van der Waals surface area contributed by atoms with Gasteiger partial charge in [-0.2, -0.15) is 0 Å². The lowest BCUT2D eigenvalue weighted by atomic mass is 10.1. The molecule has 0 saturated heterocycles. The molecule has 2 N–H and O–H groups in total. The van der Waals surface area contributed by atoms with Crippen molar-refractivity contribution < 1.29 is 9.50 Å². The molecule has 0 radical (unpaired) electrons. The smallest absolute Gasteiger partial charge is 0.127 e. The summed E-state index contributed by atoms with van der Waals surface area (Å²) in [5.41, 5.74) is 0.520. The zero-order valence-corrected chi connectivity index (χ0v) is 10.3. The molecular weight excluding hydrogens is 229 g/mol. The number of hydrogen-bond donors (Lipinski definition) is 2. The van der Waals surface area contributed by atoms with E-state index in [2.05, 4.69) is 5.32 Å². The summed E-state index contributed by atoms with van der Waals surface area (Å²) in [7, 11) is 0. The minimum Gasteiger partial charge on any atom is -0.395 e. The zero-order valence-electron chi connectivity index (χ0n) is 9.50. The van der Waals surface area contributed by atoms with Crippen LogP contribution in [0, 0.1) is 11.7 Å². The Morgan fingerprint density at radius 3 is 2.69 bits per heavy atom. The van der Waals surface area contributed by atoms with Gasteiger partial charge in [-0.15, -0.1) is 0 Å². The summed E-state index contributed by atoms with van der Waals surface area (Å²) in [4.78, 5) is 0. The Morgan fingerprint density at radius 2 is 2.12 bits per heavy atom. The number of nitrogens with one attached hydrogen (secondary N) is 1. The van der Waals surface area contributed by atoms with Gasteiger partial charge in [0.2, 0.25) is 0 Å². The fourth-order valence-corrected chi connectivity index (χ4v) is 1.63. The molecule has 1 aromatic rings. The Bertz CT molecular complexity index is 344. The van der Waals surface area contributed by atoms with E-state index >= 15 is 0 Å². The lowest BCUT2D eigenvalue weighted by Crippen LogP contribution is -2.36. The second kappa shape index (κ2) is 6.18. The van der Waals surface area contributed by atoms with Crippen molar-refractivity contribution in [3.05, 3.63) is 34.6 Å². The minimum absolute atomic E-state index is 0.0293. The van der Waals surface area contributed by atoms with E-state index in [1.807, 2.05) is 13.8 Å². The van der Waals surface area contributed by atoms with Crippen LogP contribution in [-0.2, 0) is 6.54 Å². The van der Waals surface area contributed by atoms with Crippen LogP contribution < -0.4 is 5.32 Å². The third kappa shape index (κ3) is 3.74. The lowest BCUT2D eigenvalue weighted by molar-refractivity contribution is 0.209. The van der Waals surface area contributed by atoms with Crippen molar-refractivity contribution in [2.45, 2.75) is 26.4 Å². The van der Waals surface area contributed by atoms with E-state index in [1.165, 1.54) is 12.1 Å². The van der Waals surface area contributed by atoms with E-state index in [0.29, 0.717) is 23.0 Å². The quantitative estimate of drug-likeness (QED) is 0.836. The molecule has 16 heavy (non-hydrogen) atoms. The molecule has 0 bridgehead atoms. The Morgan fingerprint density at radius 1 is 1.44 bits per heavy atom. The molecule has 0 fully saturated rings. The van der Waals surface area contributed by atoms with Gasteiger partial charge in [0, 0.05) is 23.2 Å². The highest BCUT2D eigenvalue weighted by molar-refractivity contribution is 6.30. The fourth-order valence-electron chi connectivity index (χ4n) is 1.43. The maximum Gasteiger partial charge on any atom is 0.127 e. The first-order valence-corrected chi connectivity index (χ1v) is 5.70. The van der Waals surface area contributed by atoms with Crippen molar-refractivity contribution in [3.8, 4) is 0 Å². The van der Waals surface area contributed by atoms with Crippen LogP contribution in [0.25, 0.3) is 0 Å². The molecule has 1 aromatic carbocycles. The molecule has 1 atom stereocenters. The van der Waals surface area contributed by atoms with Crippen LogP contribution in [0.4, 0.5) is 4.39 Å². The standard InChI is InChI=1S/C12H17ClFNO/c1-8(2)12(7-16)15-6-9-5-10(13)3-4-11(9)14/h3-5,8,12,15-16H,6-7H2,1-2H3. The van der Waals surface area contributed by atoms with Crippen LogP contribution in [0.2, 0.25) is 5.02 Å². The number of benzene rings is 1. The summed E-state index contributed by atoms with van der Waals surface area (Å²) >= 11 is 5.78. The second-order valence-electron chi connectivity index (χ2n) is 4.15. The van der Waals surface area contributed by atoms with Crippen LogP contribution in [-0.4, -0.2) is 17.8 Å². The van der Waals surface area contributed by atoms with Crippen LogP contribution in [0.5, 0.6) is 0 Å². The average Bonchev–Trinajstić information content (AvgIpc) is 2.23. The van der Waals surface area contributed by atoms with Crippen LogP contribution in [0.15, 0.2) is 18.2 Å². The van der Waals surface area contributed by atoms with E-state index in [1.54, 1.807) is 6.07 Å². The normalized spacial score (nSPS) is 13.1. The Labute approximate surface area is 100 Å². The third-order valence-corrected chi connectivity index (χ3v) is 2.80. The Balaban J connectivity index is 2.63. The summed E-state index contributed by atoms with van der Waals surface area (Å²) in [6.07, 6.45) is 0. The third-order valence-electron chi connectivity index (χ3n) is 2.56. The molecule has 2 nitrogen and oxygen atoms in total. The summed E-state index contributed by atoms with van der Waals surface area (Å²) < 4.78 is 13.4. The summed E-state index contributed by atoms with van der Waals surface area (Å²) in [6, 6.07) is 4.44. The molecule has 4 heteroatoms. The molecule has 1 unspecified atom stereocenters. The van der Waals surface area contributed by atoms with Gasteiger partial charge >= 0.3 is 0 Å². The largest absolute Gasteiger partial charge is 0.395 e. The van der Waals surface area contributed by atoms with Gasteiger partial charge in [0.05, 0.1) is 6.61 Å². The van der Waals surface area contributed by atoms with Crippen molar-refractivity contribution in [1.29, 1.82) is 0 Å². The first-order valence-electron chi connectivity index (χ1n) is 5.32. The van der Waals surface area contributed by atoms with E-state index < -0.39 is 0 Å². The topological polar surface area (TPSA) is 32.3 Å². The Hall–Kier alpha value is -0.640. The molecule has 0 heterocycles. The minimum atomic E-state index is -0.280. The first-order chi connectivity index (χ1) is 7.54. The maximum absolute atomic E-state index is 13.4. The predicted molar refractivity (Wildman–Crippen MR) is 64.0 cm³/mol. The zero-order chi connectivity index (χ0) is 12.1. The van der Waals surface area contributed by atoms with Gasteiger partial charge in [-0.05, 0) is 24.1 Å². The number of hydrogen-bond acceptors (Lipinski definition) is 2. The molecule has 1 rings (SSSR count). The highest BCUT2D eigenvalue weighted by atomic mass is 35.5. The summed E-state index contributed by atoms with van der Waals surface area (Å²) in [5.74, 6) is 0.0181. The van der Waals surface area contributed by atoms with E-state index in [0.717, 1.165) is 0 Å². The van der Waals surface area contributed by atoms with E-state index in [-0.39, 0.29) is 18.5 Å². The van der Waals surface area contributed by atoms with Gasteiger partial charge in [0.25, 0.3) is 0 Å². The summed E-state index contributed by atoms with van der Waals surface area (Å²) in [5, 5.41) is 12.7. The van der Waals surface area contributed by atoms with Crippen molar-refractivity contribution in [2.24, 2.45) is 5.92 Å². The highest BCUT2D eigenvalue weighted by Crippen LogP contribution is 2.15. The molecule has 0 aliphatic carbocycles. The molecule has 0 spiro atoms. The lowest BCUT2D eigenvalue weighted by Gasteiger charge is -2.20. The molecular formula is C12H17ClFNO. The molecule has 0 saturated carbocycles. The van der Waals surface area contributed by atoms with Gasteiger partial charge in [-0.1, -0.05) is 25.4 Å². The second-order valence-corrected chi connectivity index (χ2v) is 4.59. The maximum atomic E-state index is 13.4. The van der Waals surface area contributed by atoms with Gasteiger partial charge in [0.15, 0.2) is 0 Å². The molecule has 0 aromatic heterocycles. The number of rotatable bonds is 5. The fraction of sp³-hybridized carbons (Fsp3) is 0.500. The van der Waals surface area contributed by atoms with Gasteiger partial charge < -0.3 is 10.4 Å². The van der Waals surface area contributed by atoms with Gasteiger partial charge in [-0.25, -0.2) is 4.39 Å². The van der Waals surface area contributed by atoms with E-state index in [4.69, 9.17) is 16.7 Å². The summed E-state index contributed by atoms with van der Waals surface area (Å²) in [6.45, 7) is 4.42.